The summed E-state index contributed by atoms with van der Waals surface area (Å²) in [6.07, 6.45) is 2.67. The van der Waals surface area contributed by atoms with Gasteiger partial charge >= 0.3 is 0 Å². The van der Waals surface area contributed by atoms with E-state index >= 15 is 0 Å². The molecule has 0 fully saturated rings. The van der Waals surface area contributed by atoms with Gasteiger partial charge in [-0.15, -0.1) is 0 Å². The third-order valence-electron chi connectivity index (χ3n) is 3.47. The number of fused-ring (bicyclic) bond motifs is 5. The topological polar surface area (TPSA) is 48.6 Å². The highest BCUT2D eigenvalue weighted by molar-refractivity contribution is 6.23. The standard InChI is InChI=1S/C15H10N2O/c18-8-9-7-16-12-5-6-13-15(14(9)12)10-3-1-2-4-11(10)17-13/h1-8,16-17H. The molecule has 2 aromatic carbocycles. The SMILES string of the molecule is O=Cc1c[nH]c2ccc3[nH]c4ccccc4c3c12. The highest BCUT2D eigenvalue weighted by atomic mass is 16.1. The van der Waals surface area contributed by atoms with Crippen LogP contribution in [0.3, 0.4) is 0 Å². The number of hydrogen-bond donors (Lipinski definition) is 2. The van der Waals surface area contributed by atoms with Crippen molar-refractivity contribution in [2.24, 2.45) is 0 Å². The number of benzene rings is 2. The van der Waals surface area contributed by atoms with E-state index < -0.39 is 0 Å². The summed E-state index contributed by atoms with van der Waals surface area (Å²) in [5.74, 6) is 0. The van der Waals surface area contributed by atoms with Crippen molar-refractivity contribution in [2.45, 2.75) is 0 Å². The fourth-order valence-electron chi connectivity index (χ4n) is 2.68. The average Bonchev–Trinajstić information content (AvgIpc) is 2.98. The number of carbonyl (C=O) groups is 1. The molecule has 3 heteroatoms. The Morgan fingerprint density at radius 2 is 1.72 bits per heavy atom. The molecule has 0 aliphatic rings. The van der Waals surface area contributed by atoms with Gasteiger partial charge in [-0.2, -0.15) is 0 Å². The second-order valence-corrected chi connectivity index (χ2v) is 4.44. The Balaban J connectivity index is 2.39. The number of aldehydes is 1. The van der Waals surface area contributed by atoms with E-state index in [0.717, 1.165) is 39.0 Å². The zero-order valence-electron chi connectivity index (χ0n) is 9.53. The van der Waals surface area contributed by atoms with Crippen molar-refractivity contribution in [3.8, 4) is 0 Å². The zero-order chi connectivity index (χ0) is 12.1. The van der Waals surface area contributed by atoms with Gasteiger partial charge in [0.05, 0.1) is 0 Å². The van der Waals surface area contributed by atoms with Gasteiger partial charge in [-0.3, -0.25) is 4.79 Å². The van der Waals surface area contributed by atoms with Crippen molar-refractivity contribution in [3.05, 3.63) is 48.2 Å². The summed E-state index contributed by atoms with van der Waals surface area (Å²) >= 11 is 0. The second-order valence-electron chi connectivity index (χ2n) is 4.44. The van der Waals surface area contributed by atoms with Crippen LogP contribution in [0, 0.1) is 0 Å². The van der Waals surface area contributed by atoms with Gasteiger partial charge < -0.3 is 9.97 Å². The fraction of sp³-hybridized carbons (Fsp3) is 0. The first-order chi connectivity index (χ1) is 8.88. The second kappa shape index (κ2) is 3.23. The predicted octanol–water partition coefficient (Wildman–Crippen LogP) is 3.61. The highest BCUT2D eigenvalue weighted by Gasteiger charge is 2.11. The van der Waals surface area contributed by atoms with Crippen molar-refractivity contribution in [3.63, 3.8) is 0 Å². The van der Waals surface area contributed by atoms with Crippen molar-refractivity contribution in [1.29, 1.82) is 0 Å². The molecule has 18 heavy (non-hydrogen) atoms. The van der Waals surface area contributed by atoms with Gasteiger partial charge in [-0.25, -0.2) is 0 Å². The summed E-state index contributed by atoms with van der Waals surface area (Å²) in [7, 11) is 0. The minimum atomic E-state index is 0.709. The molecule has 4 aromatic rings. The summed E-state index contributed by atoms with van der Waals surface area (Å²) in [4.78, 5) is 17.7. The first-order valence-corrected chi connectivity index (χ1v) is 5.84. The van der Waals surface area contributed by atoms with Crippen molar-refractivity contribution < 1.29 is 4.79 Å². The molecule has 0 bridgehead atoms. The van der Waals surface area contributed by atoms with Gasteiger partial charge in [0, 0.05) is 44.5 Å². The molecule has 0 radical (unpaired) electrons. The number of nitrogens with one attached hydrogen (secondary N) is 2. The van der Waals surface area contributed by atoms with E-state index in [-0.39, 0.29) is 0 Å². The van der Waals surface area contributed by atoms with Crippen LogP contribution >= 0.6 is 0 Å². The molecule has 2 aromatic heterocycles. The van der Waals surface area contributed by atoms with Crippen molar-refractivity contribution in [1.82, 2.24) is 9.97 Å². The molecular formula is C15H10N2O. The lowest BCUT2D eigenvalue weighted by Crippen LogP contribution is -1.76. The highest BCUT2D eigenvalue weighted by Crippen LogP contribution is 2.33. The molecule has 2 heterocycles. The first-order valence-electron chi connectivity index (χ1n) is 5.84. The van der Waals surface area contributed by atoms with E-state index in [2.05, 4.69) is 22.1 Å². The summed E-state index contributed by atoms with van der Waals surface area (Å²) in [5.41, 5.74) is 3.86. The van der Waals surface area contributed by atoms with Gasteiger partial charge in [0.15, 0.2) is 6.29 Å². The monoisotopic (exact) mass is 234 g/mol. The maximum absolute atomic E-state index is 11.2. The Bertz CT molecular complexity index is 899. The molecule has 0 saturated heterocycles. The van der Waals surface area contributed by atoms with Gasteiger partial charge in [0.2, 0.25) is 0 Å². The van der Waals surface area contributed by atoms with E-state index in [9.17, 15) is 4.79 Å². The number of aromatic amines is 2. The van der Waals surface area contributed by atoms with Gasteiger partial charge in [0.1, 0.15) is 0 Å². The van der Waals surface area contributed by atoms with Crippen LogP contribution in [-0.2, 0) is 0 Å². The Morgan fingerprint density at radius 1 is 0.889 bits per heavy atom. The van der Waals surface area contributed by atoms with E-state index in [1.807, 2.05) is 24.3 Å². The molecule has 0 aliphatic heterocycles. The van der Waals surface area contributed by atoms with Crippen LogP contribution in [0.4, 0.5) is 0 Å². The first kappa shape index (κ1) is 9.48. The van der Waals surface area contributed by atoms with E-state index in [1.165, 1.54) is 0 Å². The molecule has 0 saturated carbocycles. The van der Waals surface area contributed by atoms with Crippen LogP contribution in [0.15, 0.2) is 42.6 Å². The Hall–Kier alpha value is -2.55. The lowest BCUT2D eigenvalue weighted by Gasteiger charge is -1.95. The van der Waals surface area contributed by atoms with Gasteiger partial charge in [0.25, 0.3) is 0 Å². The van der Waals surface area contributed by atoms with E-state index in [0.29, 0.717) is 5.56 Å². The van der Waals surface area contributed by atoms with E-state index in [1.54, 1.807) is 6.20 Å². The van der Waals surface area contributed by atoms with Gasteiger partial charge in [-0.1, -0.05) is 18.2 Å². The fourth-order valence-corrected chi connectivity index (χ4v) is 2.68. The third kappa shape index (κ3) is 1.06. The van der Waals surface area contributed by atoms with Crippen LogP contribution in [0.5, 0.6) is 0 Å². The molecule has 4 rings (SSSR count). The van der Waals surface area contributed by atoms with Gasteiger partial charge in [-0.05, 0) is 18.2 Å². The summed E-state index contributed by atoms with van der Waals surface area (Å²) in [6.45, 7) is 0. The van der Waals surface area contributed by atoms with Crippen LogP contribution < -0.4 is 0 Å². The Morgan fingerprint density at radius 3 is 2.61 bits per heavy atom. The summed E-state index contributed by atoms with van der Waals surface area (Å²) < 4.78 is 0. The number of H-pyrrole nitrogens is 2. The molecule has 2 N–H and O–H groups in total. The Labute approximate surface area is 102 Å². The van der Waals surface area contributed by atoms with Crippen molar-refractivity contribution in [2.75, 3.05) is 0 Å². The molecule has 0 spiro atoms. The number of para-hydroxylation sites is 1. The molecular weight excluding hydrogens is 224 g/mol. The number of hydrogen-bond acceptors (Lipinski definition) is 1. The summed E-state index contributed by atoms with van der Waals surface area (Å²) in [6, 6.07) is 12.2. The van der Waals surface area contributed by atoms with E-state index in [4.69, 9.17) is 0 Å². The maximum Gasteiger partial charge on any atom is 0.152 e. The van der Waals surface area contributed by atoms with Crippen LogP contribution in [-0.4, -0.2) is 16.3 Å². The molecule has 0 atom stereocenters. The summed E-state index contributed by atoms with van der Waals surface area (Å²) in [5, 5.41) is 3.27. The molecule has 0 aliphatic carbocycles. The largest absolute Gasteiger partial charge is 0.360 e. The molecule has 0 unspecified atom stereocenters. The quantitative estimate of drug-likeness (QED) is 0.485. The lowest BCUT2D eigenvalue weighted by atomic mass is 10.1. The minimum absolute atomic E-state index is 0.709. The molecule has 0 amide bonds. The molecule has 86 valence electrons. The predicted molar refractivity (Wildman–Crippen MR) is 73.0 cm³/mol. The minimum Gasteiger partial charge on any atom is -0.360 e. The normalized spacial score (nSPS) is 11.6. The maximum atomic E-state index is 11.2. The van der Waals surface area contributed by atoms with Crippen molar-refractivity contribution >= 4 is 39.0 Å². The third-order valence-corrected chi connectivity index (χ3v) is 3.47. The Kier molecular flexibility index (Phi) is 1.70. The lowest BCUT2D eigenvalue weighted by molar-refractivity contribution is 0.112. The van der Waals surface area contributed by atoms with Crippen LogP contribution in [0.2, 0.25) is 0 Å². The average molecular weight is 234 g/mol. The van der Waals surface area contributed by atoms with Crippen LogP contribution in [0.1, 0.15) is 10.4 Å². The number of aromatic nitrogens is 2. The molecule has 3 nitrogen and oxygen atoms in total. The number of rotatable bonds is 1. The van der Waals surface area contributed by atoms with Crippen LogP contribution in [0.25, 0.3) is 32.7 Å². The number of carbonyl (C=O) groups excluding carboxylic acids is 1. The zero-order valence-corrected chi connectivity index (χ0v) is 9.53. The smallest absolute Gasteiger partial charge is 0.152 e.